The van der Waals surface area contributed by atoms with Crippen LogP contribution in [0.4, 0.5) is 0 Å². The maximum absolute atomic E-state index is 11.5. The summed E-state index contributed by atoms with van der Waals surface area (Å²) in [5, 5.41) is 0. The number of hydrogen-bond donors (Lipinski definition) is 0. The van der Waals surface area contributed by atoms with Gasteiger partial charge in [-0.3, -0.25) is 0 Å². The maximum Gasteiger partial charge on any atom is 0.455 e. The minimum atomic E-state index is -3.06. The van der Waals surface area contributed by atoms with Gasteiger partial charge >= 0.3 is 17.9 Å². The van der Waals surface area contributed by atoms with Gasteiger partial charge in [-0.1, -0.05) is 0 Å². The van der Waals surface area contributed by atoms with Crippen LogP contribution in [0, 0.1) is 0 Å². The second-order valence-corrected chi connectivity index (χ2v) is 5.85. The number of hydrogen-bond acceptors (Lipinski definition) is 5. The first kappa shape index (κ1) is 15.4. The van der Waals surface area contributed by atoms with Crippen LogP contribution in [0.15, 0.2) is 0 Å². The van der Waals surface area contributed by atoms with Crippen LogP contribution >= 0.6 is 6.49 Å². The Kier molecular flexibility index (Phi) is 7.38. The van der Waals surface area contributed by atoms with Crippen molar-refractivity contribution in [2.24, 2.45) is 0 Å². The minimum absolute atomic E-state index is 0.158. The lowest BCUT2D eigenvalue weighted by atomic mass is 10.7. The van der Waals surface area contributed by atoms with E-state index >= 15 is 0 Å². The number of esters is 1. The molecule has 0 saturated heterocycles. The van der Waals surface area contributed by atoms with Crippen LogP contribution in [0.5, 0.6) is 0 Å². The van der Waals surface area contributed by atoms with Crippen LogP contribution in [0.1, 0.15) is 20.8 Å². The van der Waals surface area contributed by atoms with Gasteiger partial charge in [-0.25, -0.2) is 4.79 Å². The van der Waals surface area contributed by atoms with E-state index in [-0.39, 0.29) is 25.3 Å². The first-order valence-corrected chi connectivity index (χ1v) is 7.48. The molecule has 0 aromatic heterocycles. The molecule has 0 aliphatic carbocycles. The second-order valence-electron chi connectivity index (χ2n) is 2.48. The molecule has 16 heavy (non-hydrogen) atoms. The maximum atomic E-state index is 11.5. The van der Waals surface area contributed by atoms with Crippen LogP contribution in [0.25, 0.3) is 5.53 Å². The van der Waals surface area contributed by atoms with E-state index < -0.39 is 12.5 Å². The molecule has 0 aliphatic rings. The van der Waals surface area contributed by atoms with E-state index in [1.165, 1.54) is 0 Å². The molecule has 0 radical (unpaired) electrons. The normalized spacial score (nSPS) is 10.7. The standard InChI is InChI=1S/C8H15N2O4PS/c1-4-12-8(11)7(10-9)15(16,13-5-2)14-6-3/h4-6H2,1-3H3. The summed E-state index contributed by atoms with van der Waals surface area (Å²) < 4.78 is 15.1. The van der Waals surface area contributed by atoms with Gasteiger partial charge in [0.1, 0.15) is 0 Å². The minimum Gasteiger partial charge on any atom is -0.457 e. The molecule has 0 saturated carbocycles. The SMILES string of the molecule is CCOC(=O)C(=[N+]=[N-])P(=S)(OCC)OCC. The molecular weight excluding hydrogens is 251 g/mol. The fraction of sp³-hybridized carbons (Fsp3) is 0.750. The highest BCUT2D eigenvalue weighted by Gasteiger charge is 2.41. The topological polar surface area (TPSA) is 81.2 Å². The Bertz CT molecular complexity index is 331. The third-order valence-corrected chi connectivity index (χ3v) is 4.55. The van der Waals surface area contributed by atoms with Crippen molar-refractivity contribution in [3.8, 4) is 0 Å². The second kappa shape index (κ2) is 7.65. The lowest BCUT2D eigenvalue weighted by Crippen LogP contribution is -2.21. The van der Waals surface area contributed by atoms with Gasteiger partial charge in [-0.2, -0.15) is 4.79 Å². The molecule has 6 nitrogen and oxygen atoms in total. The fourth-order valence-corrected chi connectivity index (χ4v) is 3.26. The molecule has 8 heteroatoms. The quantitative estimate of drug-likeness (QED) is 0.230. The van der Waals surface area contributed by atoms with E-state index in [4.69, 9.17) is 31.1 Å². The van der Waals surface area contributed by atoms with E-state index in [1.807, 2.05) is 0 Å². The van der Waals surface area contributed by atoms with Crippen molar-refractivity contribution >= 4 is 29.7 Å². The average molecular weight is 266 g/mol. The molecule has 92 valence electrons. The number of nitrogens with zero attached hydrogens (tertiary/aromatic N) is 2. The fourth-order valence-electron chi connectivity index (χ4n) is 0.903. The van der Waals surface area contributed by atoms with Gasteiger partial charge < -0.3 is 19.3 Å². The van der Waals surface area contributed by atoms with Gasteiger partial charge in [0, 0.05) is 0 Å². The molecule has 0 rings (SSSR count). The smallest absolute Gasteiger partial charge is 0.455 e. The molecule has 0 aromatic carbocycles. The lowest BCUT2D eigenvalue weighted by molar-refractivity contribution is -0.139. The molecule has 0 heterocycles. The highest BCUT2D eigenvalue weighted by Crippen LogP contribution is 2.49. The van der Waals surface area contributed by atoms with Crippen LogP contribution in [-0.4, -0.2) is 36.0 Å². The van der Waals surface area contributed by atoms with Gasteiger partial charge in [-0.05, 0) is 32.6 Å². The van der Waals surface area contributed by atoms with E-state index in [9.17, 15) is 4.79 Å². The molecule has 0 N–H and O–H groups in total. The Balaban J connectivity index is 5.09. The highest BCUT2D eigenvalue weighted by molar-refractivity contribution is 8.18. The predicted octanol–water partition coefficient (Wildman–Crippen LogP) is 1.56. The van der Waals surface area contributed by atoms with Gasteiger partial charge in [0.05, 0.1) is 19.8 Å². The van der Waals surface area contributed by atoms with Gasteiger partial charge in [0.25, 0.3) is 0 Å². The Morgan fingerprint density at radius 1 is 1.25 bits per heavy atom. The average Bonchev–Trinajstić information content (AvgIpc) is 2.19. The van der Waals surface area contributed by atoms with Gasteiger partial charge in [0.2, 0.25) is 0 Å². The largest absolute Gasteiger partial charge is 0.457 e. The number of carbonyl (C=O) groups excluding carboxylic acids is 1. The Hall–Kier alpha value is -0.580. The van der Waals surface area contributed by atoms with Crippen molar-refractivity contribution in [2.45, 2.75) is 20.8 Å². The zero-order valence-electron chi connectivity index (χ0n) is 9.50. The Morgan fingerprint density at radius 3 is 2.06 bits per heavy atom. The zero-order chi connectivity index (χ0) is 12.6. The molecule has 0 amide bonds. The summed E-state index contributed by atoms with van der Waals surface area (Å²) in [6.07, 6.45) is 0. The first-order chi connectivity index (χ1) is 7.55. The molecular formula is C8H15N2O4PS. The van der Waals surface area contributed by atoms with Crippen molar-refractivity contribution < 1.29 is 23.4 Å². The number of carbonyl (C=O) groups is 1. The van der Waals surface area contributed by atoms with Crippen molar-refractivity contribution in [2.75, 3.05) is 19.8 Å². The number of ether oxygens (including phenoxy) is 1. The van der Waals surface area contributed by atoms with Crippen molar-refractivity contribution in [3.63, 3.8) is 0 Å². The van der Waals surface area contributed by atoms with Gasteiger partial charge in [-0.15, -0.1) is 0 Å². The van der Waals surface area contributed by atoms with Crippen LogP contribution in [0.3, 0.4) is 0 Å². The van der Waals surface area contributed by atoms with Crippen LogP contribution < -0.4 is 0 Å². The van der Waals surface area contributed by atoms with Crippen molar-refractivity contribution in [1.29, 1.82) is 0 Å². The van der Waals surface area contributed by atoms with Gasteiger partial charge in [0.15, 0.2) is 0 Å². The predicted molar refractivity (Wildman–Crippen MR) is 62.8 cm³/mol. The third-order valence-electron chi connectivity index (χ3n) is 1.41. The summed E-state index contributed by atoms with van der Waals surface area (Å²) in [7, 11) is 0. The van der Waals surface area contributed by atoms with Crippen LogP contribution in [-0.2, 0) is 30.4 Å². The van der Waals surface area contributed by atoms with Crippen molar-refractivity contribution in [3.05, 3.63) is 5.53 Å². The van der Waals surface area contributed by atoms with E-state index in [0.717, 1.165) is 0 Å². The molecule has 0 atom stereocenters. The summed E-state index contributed by atoms with van der Waals surface area (Å²) >= 11 is 5.09. The van der Waals surface area contributed by atoms with Crippen molar-refractivity contribution in [1.82, 2.24) is 0 Å². The first-order valence-electron chi connectivity index (χ1n) is 4.84. The summed E-state index contributed by atoms with van der Waals surface area (Å²) in [6.45, 7) is 2.67. The number of rotatable bonds is 7. The molecule has 0 spiro atoms. The van der Waals surface area contributed by atoms with E-state index in [2.05, 4.69) is 4.79 Å². The summed E-state index contributed by atoms with van der Waals surface area (Å²) in [6, 6.07) is 0. The van der Waals surface area contributed by atoms with E-state index in [1.54, 1.807) is 20.8 Å². The monoisotopic (exact) mass is 266 g/mol. The molecule has 0 aliphatic heterocycles. The molecule has 0 unspecified atom stereocenters. The lowest BCUT2D eigenvalue weighted by Gasteiger charge is -2.15. The zero-order valence-corrected chi connectivity index (χ0v) is 11.2. The molecule has 0 fully saturated rings. The molecule has 0 bridgehead atoms. The van der Waals surface area contributed by atoms with Crippen LogP contribution in [0.2, 0.25) is 0 Å². The summed E-state index contributed by atoms with van der Waals surface area (Å²) in [4.78, 5) is 14.3. The summed E-state index contributed by atoms with van der Waals surface area (Å²) in [5.74, 6) is -0.810. The molecule has 0 aromatic rings. The summed E-state index contributed by atoms with van der Waals surface area (Å²) in [5.41, 5.74) is 8.43. The Labute approximate surface area is 99.7 Å². The Morgan fingerprint density at radius 2 is 1.75 bits per heavy atom. The third kappa shape index (κ3) is 4.12. The van der Waals surface area contributed by atoms with E-state index in [0.29, 0.717) is 0 Å². The highest BCUT2D eigenvalue weighted by atomic mass is 32.5.